The number of unbranched alkanes of at least 4 members (excludes halogenated alkanes) is 2. The Bertz CT molecular complexity index is 315. The van der Waals surface area contributed by atoms with Crippen molar-refractivity contribution in [1.29, 1.82) is 0 Å². The van der Waals surface area contributed by atoms with E-state index in [1.54, 1.807) is 0 Å². The van der Waals surface area contributed by atoms with Crippen LogP contribution in [-0.4, -0.2) is 16.5 Å². The Kier molecular flexibility index (Phi) is 4.46. The fourth-order valence-corrected chi connectivity index (χ4v) is 1.06. The first-order valence-corrected chi connectivity index (χ1v) is 4.99. The first-order chi connectivity index (χ1) is 7.25. The van der Waals surface area contributed by atoms with E-state index in [1.165, 1.54) is 6.33 Å². The van der Waals surface area contributed by atoms with Crippen molar-refractivity contribution in [2.45, 2.75) is 26.2 Å². The molecule has 0 saturated carbocycles. The third-order valence-corrected chi connectivity index (χ3v) is 1.91. The minimum absolute atomic E-state index is 0.266. The molecule has 0 atom stereocenters. The summed E-state index contributed by atoms with van der Waals surface area (Å²) in [7, 11) is 0. The van der Waals surface area contributed by atoms with Gasteiger partial charge >= 0.3 is 0 Å². The number of hydrogen-bond donors (Lipinski definition) is 2. The molecule has 4 N–H and O–H groups in total. The van der Waals surface area contributed by atoms with Gasteiger partial charge in [-0.15, -0.1) is 5.11 Å². The van der Waals surface area contributed by atoms with Gasteiger partial charge in [0.2, 0.25) is 0 Å². The number of hydrogen-bond acceptors (Lipinski definition) is 6. The lowest BCUT2D eigenvalue weighted by Crippen LogP contribution is -1.97. The SMILES string of the molecule is CCCCC/N=N/c1c(N)ncnc1N. The zero-order valence-electron chi connectivity index (χ0n) is 8.85. The van der Waals surface area contributed by atoms with E-state index in [-0.39, 0.29) is 11.6 Å². The minimum Gasteiger partial charge on any atom is -0.382 e. The van der Waals surface area contributed by atoms with E-state index in [9.17, 15) is 0 Å². The Morgan fingerprint density at radius 2 is 1.87 bits per heavy atom. The van der Waals surface area contributed by atoms with Crippen LogP contribution >= 0.6 is 0 Å². The van der Waals surface area contributed by atoms with Gasteiger partial charge < -0.3 is 11.5 Å². The Balaban J connectivity index is 2.56. The van der Waals surface area contributed by atoms with Crippen LogP contribution in [0, 0.1) is 0 Å². The van der Waals surface area contributed by atoms with Crippen LogP contribution in [-0.2, 0) is 0 Å². The van der Waals surface area contributed by atoms with Crippen molar-refractivity contribution < 1.29 is 0 Å². The summed E-state index contributed by atoms with van der Waals surface area (Å²) in [6.07, 6.45) is 4.64. The summed E-state index contributed by atoms with van der Waals surface area (Å²) in [6, 6.07) is 0. The molecule has 0 saturated heterocycles. The molecule has 82 valence electrons. The Morgan fingerprint density at radius 1 is 1.20 bits per heavy atom. The summed E-state index contributed by atoms with van der Waals surface area (Å²) < 4.78 is 0. The molecule has 15 heavy (non-hydrogen) atoms. The van der Waals surface area contributed by atoms with Crippen LogP contribution in [0.2, 0.25) is 0 Å². The number of azo groups is 1. The maximum absolute atomic E-state index is 5.58. The molecule has 0 aliphatic carbocycles. The predicted octanol–water partition coefficient (Wildman–Crippen LogP) is 1.91. The summed E-state index contributed by atoms with van der Waals surface area (Å²) >= 11 is 0. The van der Waals surface area contributed by atoms with Gasteiger partial charge in [-0.3, -0.25) is 0 Å². The predicted molar refractivity (Wildman–Crippen MR) is 59.8 cm³/mol. The van der Waals surface area contributed by atoms with Crippen LogP contribution in [0.25, 0.3) is 0 Å². The van der Waals surface area contributed by atoms with E-state index in [1.807, 2.05) is 0 Å². The number of aromatic nitrogens is 2. The van der Waals surface area contributed by atoms with Gasteiger partial charge in [-0.05, 0) is 6.42 Å². The third-order valence-electron chi connectivity index (χ3n) is 1.91. The molecule has 1 aromatic rings. The largest absolute Gasteiger partial charge is 0.382 e. The van der Waals surface area contributed by atoms with Crippen LogP contribution in [0.4, 0.5) is 17.3 Å². The molecule has 1 aromatic heterocycles. The standard InChI is InChI=1S/C9H16N6/c1-2-3-4-5-14-15-7-8(10)12-6-13-9(7)11/h6H,2-5H2,1H3,(H4,10,11,12,13)/b15-14+. The minimum atomic E-state index is 0.266. The van der Waals surface area contributed by atoms with Crippen molar-refractivity contribution in [1.82, 2.24) is 9.97 Å². The van der Waals surface area contributed by atoms with Crippen molar-refractivity contribution in [3.63, 3.8) is 0 Å². The zero-order valence-corrected chi connectivity index (χ0v) is 8.85. The summed E-state index contributed by atoms with van der Waals surface area (Å²) in [6.45, 7) is 2.82. The number of nitrogens with zero attached hydrogens (tertiary/aromatic N) is 4. The maximum Gasteiger partial charge on any atom is 0.169 e. The first-order valence-electron chi connectivity index (χ1n) is 4.99. The monoisotopic (exact) mass is 208 g/mol. The highest BCUT2D eigenvalue weighted by molar-refractivity contribution is 5.68. The average Bonchev–Trinajstić information content (AvgIpc) is 2.21. The molecular formula is C9H16N6. The molecular weight excluding hydrogens is 192 g/mol. The quantitative estimate of drug-likeness (QED) is 0.569. The lowest BCUT2D eigenvalue weighted by atomic mass is 10.3. The van der Waals surface area contributed by atoms with Gasteiger partial charge in [0.15, 0.2) is 17.3 Å². The molecule has 0 aliphatic rings. The molecule has 0 radical (unpaired) electrons. The molecule has 0 aliphatic heterocycles. The summed E-state index contributed by atoms with van der Waals surface area (Å²) in [5, 5.41) is 7.91. The van der Waals surface area contributed by atoms with Crippen molar-refractivity contribution >= 4 is 17.3 Å². The number of anilines is 2. The molecule has 1 heterocycles. The molecule has 6 heteroatoms. The van der Waals surface area contributed by atoms with Crippen LogP contribution < -0.4 is 11.5 Å². The van der Waals surface area contributed by atoms with E-state index < -0.39 is 0 Å². The topological polar surface area (TPSA) is 103 Å². The van der Waals surface area contributed by atoms with Gasteiger partial charge in [0.1, 0.15) is 6.33 Å². The highest BCUT2D eigenvalue weighted by atomic mass is 15.1. The second-order valence-electron chi connectivity index (χ2n) is 3.16. The zero-order chi connectivity index (χ0) is 11.1. The van der Waals surface area contributed by atoms with E-state index in [4.69, 9.17) is 11.5 Å². The van der Waals surface area contributed by atoms with E-state index >= 15 is 0 Å². The van der Waals surface area contributed by atoms with Crippen molar-refractivity contribution in [2.24, 2.45) is 10.2 Å². The first kappa shape index (κ1) is 11.4. The van der Waals surface area contributed by atoms with Gasteiger partial charge in [0.25, 0.3) is 0 Å². The highest BCUT2D eigenvalue weighted by Gasteiger charge is 2.03. The third kappa shape index (κ3) is 3.49. The summed E-state index contributed by atoms with van der Waals surface area (Å²) in [5.41, 5.74) is 11.5. The number of rotatable bonds is 5. The van der Waals surface area contributed by atoms with Crippen molar-refractivity contribution in [3.05, 3.63) is 6.33 Å². The van der Waals surface area contributed by atoms with Crippen LogP contribution in [0.5, 0.6) is 0 Å². The van der Waals surface area contributed by atoms with Crippen molar-refractivity contribution in [3.8, 4) is 0 Å². The van der Waals surface area contributed by atoms with Gasteiger partial charge in [0, 0.05) is 0 Å². The highest BCUT2D eigenvalue weighted by Crippen LogP contribution is 2.24. The Morgan fingerprint density at radius 3 is 2.47 bits per heavy atom. The van der Waals surface area contributed by atoms with Gasteiger partial charge in [-0.25, -0.2) is 9.97 Å². The second-order valence-corrected chi connectivity index (χ2v) is 3.16. The van der Waals surface area contributed by atoms with Crippen LogP contribution in [0.15, 0.2) is 16.6 Å². The average molecular weight is 208 g/mol. The Hall–Kier alpha value is -1.72. The van der Waals surface area contributed by atoms with E-state index in [0.717, 1.165) is 19.3 Å². The molecule has 0 amide bonds. The smallest absolute Gasteiger partial charge is 0.169 e. The maximum atomic E-state index is 5.58. The summed E-state index contributed by atoms with van der Waals surface area (Å²) in [5.74, 6) is 0.531. The molecule has 0 spiro atoms. The molecule has 0 bridgehead atoms. The molecule has 0 fully saturated rings. The Labute approximate surface area is 88.8 Å². The van der Waals surface area contributed by atoms with E-state index in [0.29, 0.717) is 12.2 Å². The fraction of sp³-hybridized carbons (Fsp3) is 0.556. The normalized spacial score (nSPS) is 11.0. The second kappa shape index (κ2) is 5.90. The van der Waals surface area contributed by atoms with Crippen LogP contribution in [0.3, 0.4) is 0 Å². The molecule has 1 rings (SSSR count). The van der Waals surface area contributed by atoms with Gasteiger partial charge in [-0.2, -0.15) is 5.11 Å². The fourth-order valence-electron chi connectivity index (χ4n) is 1.06. The number of nitrogen functional groups attached to an aromatic ring is 2. The lowest BCUT2D eigenvalue weighted by molar-refractivity contribution is 0.713. The summed E-state index contributed by atoms with van der Waals surface area (Å²) in [4.78, 5) is 7.58. The lowest BCUT2D eigenvalue weighted by Gasteiger charge is -1.99. The molecule has 0 unspecified atom stereocenters. The van der Waals surface area contributed by atoms with E-state index in [2.05, 4.69) is 27.1 Å². The van der Waals surface area contributed by atoms with Gasteiger partial charge in [0.05, 0.1) is 6.54 Å². The van der Waals surface area contributed by atoms with Gasteiger partial charge in [-0.1, -0.05) is 19.8 Å². The molecule has 0 aromatic carbocycles. The molecule has 6 nitrogen and oxygen atoms in total. The number of nitrogens with two attached hydrogens (primary N) is 2. The van der Waals surface area contributed by atoms with Crippen LogP contribution in [0.1, 0.15) is 26.2 Å². The van der Waals surface area contributed by atoms with Crippen molar-refractivity contribution in [2.75, 3.05) is 18.0 Å².